The van der Waals surface area contributed by atoms with Gasteiger partial charge in [0, 0.05) is 31.9 Å². The first-order chi connectivity index (χ1) is 8.58. The van der Waals surface area contributed by atoms with Gasteiger partial charge in [0.25, 0.3) is 0 Å². The Morgan fingerprint density at radius 3 is 2.28 bits per heavy atom. The number of nitrogens with one attached hydrogen (secondary N) is 2. The molecule has 1 aromatic rings. The van der Waals surface area contributed by atoms with Crippen molar-refractivity contribution in [1.82, 2.24) is 10.2 Å². The Morgan fingerprint density at radius 2 is 1.72 bits per heavy atom. The molecule has 1 fully saturated rings. The number of piperazine rings is 1. The van der Waals surface area contributed by atoms with E-state index in [2.05, 4.69) is 48.4 Å². The molecule has 18 heavy (non-hydrogen) atoms. The highest BCUT2D eigenvalue weighted by molar-refractivity contribution is 7.80. The molecular weight excluding hydrogens is 242 g/mol. The van der Waals surface area contributed by atoms with Gasteiger partial charge >= 0.3 is 0 Å². The number of rotatable bonds is 1. The van der Waals surface area contributed by atoms with Crippen LogP contribution in [0.2, 0.25) is 0 Å². The average Bonchev–Trinajstić information content (AvgIpc) is 2.34. The molecule has 98 valence electrons. The van der Waals surface area contributed by atoms with Gasteiger partial charge in [0.05, 0.1) is 0 Å². The molecule has 0 spiro atoms. The normalized spacial score (nSPS) is 15.6. The van der Waals surface area contributed by atoms with E-state index in [1.165, 1.54) is 16.7 Å². The van der Waals surface area contributed by atoms with Crippen molar-refractivity contribution in [3.63, 3.8) is 0 Å². The standard InChI is InChI=1S/C14H21N3S/c1-10-8-11(2)13(12(3)9-10)16-14(18)17-6-4-15-5-7-17/h8-9,15H,4-7H2,1-3H3,(H,16,18). The number of benzene rings is 1. The summed E-state index contributed by atoms with van der Waals surface area (Å²) in [5.74, 6) is 0. The van der Waals surface area contributed by atoms with E-state index in [0.29, 0.717) is 0 Å². The van der Waals surface area contributed by atoms with E-state index in [4.69, 9.17) is 12.2 Å². The predicted octanol–water partition coefficient (Wildman–Crippen LogP) is 2.21. The van der Waals surface area contributed by atoms with Crippen molar-refractivity contribution < 1.29 is 0 Å². The third-order valence-electron chi connectivity index (χ3n) is 3.31. The molecule has 0 atom stereocenters. The molecule has 1 saturated heterocycles. The second-order valence-electron chi connectivity index (χ2n) is 4.94. The predicted molar refractivity (Wildman–Crippen MR) is 81.3 cm³/mol. The smallest absolute Gasteiger partial charge is 0.173 e. The highest BCUT2D eigenvalue weighted by Gasteiger charge is 2.14. The monoisotopic (exact) mass is 263 g/mol. The van der Waals surface area contributed by atoms with Gasteiger partial charge in [-0.15, -0.1) is 0 Å². The molecule has 1 heterocycles. The van der Waals surface area contributed by atoms with E-state index >= 15 is 0 Å². The van der Waals surface area contributed by atoms with E-state index in [0.717, 1.165) is 37.0 Å². The van der Waals surface area contributed by atoms with E-state index in [1.807, 2.05) is 0 Å². The number of nitrogens with zero attached hydrogens (tertiary/aromatic N) is 1. The van der Waals surface area contributed by atoms with Crippen LogP contribution in [0.4, 0.5) is 5.69 Å². The third-order valence-corrected chi connectivity index (χ3v) is 3.67. The van der Waals surface area contributed by atoms with Gasteiger partial charge < -0.3 is 15.5 Å². The first-order valence-corrected chi connectivity index (χ1v) is 6.83. The lowest BCUT2D eigenvalue weighted by Crippen LogP contribution is -2.48. The quantitative estimate of drug-likeness (QED) is 0.760. The molecule has 1 aliphatic heterocycles. The van der Waals surface area contributed by atoms with E-state index < -0.39 is 0 Å². The van der Waals surface area contributed by atoms with Gasteiger partial charge in [-0.3, -0.25) is 0 Å². The van der Waals surface area contributed by atoms with Crippen molar-refractivity contribution in [1.29, 1.82) is 0 Å². The molecule has 0 saturated carbocycles. The first-order valence-electron chi connectivity index (χ1n) is 6.42. The number of hydrogen-bond acceptors (Lipinski definition) is 2. The Morgan fingerprint density at radius 1 is 1.17 bits per heavy atom. The molecule has 3 nitrogen and oxygen atoms in total. The maximum Gasteiger partial charge on any atom is 0.173 e. The van der Waals surface area contributed by atoms with Crippen molar-refractivity contribution >= 4 is 23.0 Å². The highest BCUT2D eigenvalue weighted by Crippen LogP contribution is 2.22. The Hall–Kier alpha value is -1.13. The van der Waals surface area contributed by atoms with Crippen molar-refractivity contribution in [2.45, 2.75) is 20.8 Å². The highest BCUT2D eigenvalue weighted by atomic mass is 32.1. The van der Waals surface area contributed by atoms with Crippen molar-refractivity contribution in [3.05, 3.63) is 28.8 Å². The zero-order valence-corrected chi connectivity index (χ0v) is 12.2. The fourth-order valence-electron chi connectivity index (χ4n) is 2.43. The van der Waals surface area contributed by atoms with Crippen LogP contribution in [0.5, 0.6) is 0 Å². The minimum Gasteiger partial charge on any atom is -0.346 e. The van der Waals surface area contributed by atoms with Gasteiger partial charge in [-0.2, -0.15) is 0 Å². The largest absolute Gasteiger partial charge is 0.346 e. The van der Waals surface area contributed by atoms with Gasteiger partial charge in [0.15, 0.2) is 5.11 Å². The molecule has 4 heteroatoms. The van der Waals surface area contributed by atoms with Crippen LogP contribution in [-0.4, -0.2) is 36.2 Å². The zero-order chi connectivity index (χ0) is 13.1. The molecule has 0 radical (unpaired) electrons. The third kappa shape index (κ3) is 3.00. The van der Waals surface area contributed by atoms with Gasteiger partial charge in [0.1, 0.15) is 0 Å². The summed E-state index contributed by atoms with van der Waals surface area (Å²) in [5, 5.41) is 7.58. The van der Waals surface area contributed by atoms with Crippen LogP contribution in [0.15, 0.2) is 12.1 Å². The summed E-state index contributed by atoms with van der Waals surface area (Å²) in [4.78, 5) is 2.23. The molecule has 1 aliphatic rings. The molecular formula is C14H21N3S. The second kappa shape index (κ2) is 5.67. The minimum atomic E-state index is 0.839. The molecule has 1 aromatic carbocycles. The summed E-state index contributed by atoms with van der Waals surface area (Å²) >= 11 is 5.50. The second-order valence-corrected chi connectivity index (χ2v) is 5.33. The van der Waals surface area contributed by atoms with Crippen molar-refractivity contribution in [3.8, 4) is 0 Å². The SMILES string of the molecule is Cc1cc(C)c(NC(=S)N2CCNCC2)c(C)c1. The Labute approximate surface area is 115 Å². The van der Waals surface area contributed by atoms with E-state index in [-0.39, 0.29) is 0 Å². The van der Waals surface area contributed by atoms with Crippen LogP contribution in [-0.2, 0) is 0 Å². The van der Waals surface area contributed by atoms with Crippen molar-refractivity contribution in [2.75, 3.05) is 31.5 Å². The molecule has 0 unspecified atom stereocenters. The molecule has 0 amide bonds. The summed E-state index contributed by atoms with van der Waals surface area (Å²) in [6, 6.07) is 4.38. The Kier molecular flexibility index (Phi) is 4.19. The maximum atomic E-state index is 5.50. The fraction of sp³-hybridized carbons (Fsp3) is 0.500. The zero-order valence-electron chi connectivity index (χ0n) is 11.3. The van der Waals surface area contributed by atoms with Crippen LogP contribution in [0, 0.1) is 20.8 Å². The molecule has 2 rings (SSSR count). The lowest BCUT2D eigenvalue weighted by atomic mass is 10.1. The van der Waals surface area contributed by atoms with Crippen LogP contribution >= 0.6 is 12.2 Å². The summed E-state index contributed by atoms with van der Waals surface area (Å²) in [6.45, 7) is 10.4. The lowest BCUT2D eigenvalue weighted by molar-refractivity contribution is 0.362. The lowest BCUT2D eigenvalue weighted by Gasteiger charge is -2.30. The number of hydrogen-bond donors (Lipinski definition) is 2. The van der Waals surface area contributed by atoms with Gasteiger partial charge in [-0.05, 0) is 44.1 Å². The topological polar surface area (TPSA) is 27.3 Å². The molecule has 2 N–H and O–H groups in total. The summed E-state index contributed by atoms with van der Waals surface area (Å²) in [5.41, 5.74) is 4.96. The Balaban J connectivity index is 2.11. The minimum absolute atomic E-state index is 0.839. The average molecular weight is 263 g/mol. The summed E-state index contributed by atoms with van der Waals surface area (Å²) < 4.78 is 0. The molecule has 0 bridgehead atoms. The van der Waals surface area contributed by atoms with E-state index in [1.54, 1.807) is 0 Å². The van der Waals surface area contributed by atoms with Crippen LogP contribution in [0.3, 0.4) is 0 Å². The molecule has 0 aliphatic carbocycles. The first kappa shape index (κ1) is 13.3. The number of thiocarbonyl (C=S) groups is 1. The van der Waals surface area contributed by atoms with Crippen LogP contribution in [0.25, 0.3) is 0 Å². The Bertz CT molecular complexity index is 427. The van der Waals surface area contributed by atoms with E-state index in [9.17, 15) is 0 Å². The van der Waals surface area contributed by atoms with Gasteiger partial charge in [-0.25, -0.2) is 0 Å². The molecule has 0 aromatic heterocycles. The number of aryl methyl sites for hydroxylation is 3. The van der Waals surface area contributed by atoms with Crippen molar-refractivity contribution in [2.24, 2.45) is 0 Å². The van der Waals surface area contributed by atoms with Crippen LogP contribution < -0.4 is 10.6 Å². The summed E-state index contributed by atoms with van der Waals surface area (Å²) in [6.07, 6.45) is 0. The maximum absolute atomic E-state index is 5.50. The summed E-state index contributed by atoms with van der Waals surface area (Å²) in [7, 11) is 0. The van der Waals surface area contributed by atoms with Crippen LogP contribution in [0.1, 0.15) is 16.7 Å². The van der Waals surface area contributed by atoms with Gasteiger partial charge in [0.2, 0.25) is 0 Å². The fourth-order valence-corrected chi connectivity index (χ4v) is 2.72. The van der Waals surface area contributed by atoms with Gasteiger partial charge in [-0.1, -0.05) is 17.7 Å². The number of anilines is 1.